The van der Waals surface area contributed by atoms with Crippen molar-refractivity contribution in [1.82, 2.24) is 14.3 Å². The van der Waals surface area contributed by atoms with Gasteiger partial charge in [0.15, 0.2) is 5.15 Å². The number of aromatic nitrogens is 2. The molecule has 1 amide bonds. The van der Waals surface area contributed by atoms with E-state index in [1.807, 2.05) is 6.07 Å². The number of anilines is 1. The lowest BCUT2D eigenvalue weighted by atomic mass is 10.3. The molecule has 0 radical (unpaired) electrons. The van der Waals surface area contributed by atoms with E-state index in [0.717, 1.165) is 16.1 Å². The van der Waals surface area contributed by atoms with Crippen LogP contribution >= 0.6 is 22.9 Å². The second-order valence-electron chi connectivity index (χ2n) is 4.83. The van der Waals surface area contributed by atoms with Gasteiger partial charge in [0.25, 0.3) is 0 Å². The maximum atomic E-state index is 12.2. The van der Waals surface area contributed by atoms with Gasteiger partial charge in [0.1, 0.15) is 10.0 Å². The first-order valence-electron chi connectivity index (χ1n) is 6.44. The van der Waals surface area contributed by atoms with Crippen LogP contribution in [-0.2, 0) is 14.8 Å². The highest BCUT2D eigenvalue weighted by atomic mass is 35.5. The Morgan fingerprint density at radius 1 is 1.39 bits per heavy atom. The van der Waals surface area contributed by atoms with E-state index in [1.165, 1.54) is 30.3 Å². The van der Waals surface area contributed by atoms with Gasteiger partial charge in [-0.2, -0.15) is 4.31 Å². The van der Waals surface area contributed by atoms with Gasteiger partial charge in [-0.3, -0.25) is 9.78 Å². The normalized spacial score (nSPS) is 11.7. The van der Waals surface area contributed by atoms with E-state index < -0.39 is 15.9 Å². The standard InChI is InChI=1S/C13H15ClN4O3S2/c1-17(23(3,20)21)8-10(19)18(2)13-11(14)16-12(22-13)9-5-4-6-15-7-9/h4-7H,8H2,1-3H3. The molecule has 0 atom stereocenters. The van der Waals surface area contributed by atoms with Crippen LogP contribution in [0.5, 0.6) is 0 Å². The van der Waals surface area contributed by atoms with E-state index in [4.69, 9.17) is 11.6 Å². The first-order chi connectivity index (χ1) is 10.7. The Balaban J connectivity index is 2.22. The molecule has 2 heterocycles. The van der Waals surface area contributed by atoms with Gasteiger partial charge in [-0.1, -0.05) is 22.9 Å². The Hall–Kier alpha value is -1.55. The SMILES string of the molecule is CN(C(=O)CN(C)S(C)(=O)=O)c1sc(-c2cccnc2)nc1Cl. The predicted octanol–water partition coefficient (Wildman–Crippen LogP) is 1.71. The van der Waals surface area contributed by atoms with E-state index in [-0.39, 0.29) is 11.7 Å². The van der Waals surface area contributed by atoms with Crippen molar-refractivity contribution in [2.75, 3.05) is 31.8 Å². The molecule has 2 aromatic heterocycles. The number of carbonyl (C=O) groups is 1. The van der Waals surface area contributed by atoms with Crippen molar-refractivity contribution in [2.24, 2.45) is 0 Å². The number of thiazole rings is 1. The summed E-state index contributed by atoms with van der Waals surface area (Å²) in [5, 5.41) is 1.28. The summed E-state index contributed by atoms with van der Waals surface area (Å²) in [7, 11) is -0.553. The van der Waals surface area contributed by atoms with Crippen LogP contribution in [0, 0.1) is 0 Å². The first kappa shape index (κ1) is 17.8. The molecule has 7 nitrogen and oxygen atoms in total. The Morgan fingerprint density at radius 2 is 2.09 bits per heavy atom. The number of nitrogens with zero attached hydrogens (tertiary/aromatic N) is 4. The number of carbonyl (C=O) groups excluding carboxylic acids is 1. The Bertz CT molecular complexity index is 808. The fourth-order valence-electron chi connectivity index (χ4n) is 1.64. The van der Waals surface area contributed by atoms with Crippen molar-refractivity contribution in [2.45, 2.75) is 0 Å². The largest absolute Gasteiger partial charge is 0.303 e. The van der Waals surface area contributed by atoms with Crippen LogP contribution in [0.15, 0.2) is 24.5 Å². The molecule has 0 N–H and O–H groups in total. The van der Waals surface area contributed by atoms with Crippen LogP contribution in [0.25, 0.3) is 10.6 Å². The molecule has 10 heteroatoms. The summed E-state index contributed by atoms with van der Waals surface area (Å²) < 4.78 is 23.8. The number of rotatable bonds is 5. The number of sulfonamides is 1. The van der Waals surface area contributed by atoms with E-state index in [9.17, 15) is 13.2 Å². The third-order valence-corrected chi connectivity index (χ3v) is 5.90. The van der Waals surface area contributed by atoms with E-state index in [2.05, 4.69) is 9.97 Å². The molecule has 0 saturated carbocycles. The smallest absolute Gasteiger partial charge is 0.242 e. The summed E-state index contributed by atoms with van der Waals surface area (Å²) in [6, 6.07) is 3.62. The van der Waals surface area contributed by atoms with Crippen LogP contribution in [0.1, 0.15) is 0 Å². The lowest BCUT2D eigenvalue weighted by Crippen LogP contribution is -2.38. The summed E-state index contributed by atoms with van der Waals surface area (Å²) in [6.07, 6.45) is 4.34. The Morgan fingerprint density at radius 3 is 2.65 bits per heavy atom. The molecule has 0 aliphatic rings. The van der Waals surface area contributed by atoms with Gasteiger partial charge in [-0.25, -0.2) is 13.4 Å². The second kappa shape index (κ2) is 6.91. The topological polar surface area (TPSA) is 83.5 Å². The van der Waals surface area contributed by atoms with Crippen LogP contribution in [0.3, 0.4) is 0 Å². The van der Waals surface area contributed by atoms with Gasteiger partial charge in [-0.05, 0) is 12.1 Å². The molecule has 23 heavy (non-hydrogen) atoms. The number of halogens is 1. The van der Waals surface area contributed by atoms with Crippen LogP contribution < -0.4 is 4.90 Å². The van der Waals surface area contributed by atoms with E-state index in [0.29, 0.717) is 10.0 Å². The second-order valence-corrected chi connectivity index (χ2v) is 8.25. The molecular formula is C13H15ClN4O3S2. The summed E-state index contributed by atoms with van der Waals surface area (Å²) in [6.45, 7) is -0.272. The zero-order valence-electron chi connectivity index (χ0n) is 12.7. The highest BCUT2D eigenvalue weighted by Crippen LogP contribution is 2.36. The molecule has 2 aromatic rings. The van der Waals surface area contributed by atoms with Crippen LogP contribution in [0.4, 0.5) is 5.00 Å². The minimum absolute atomic E-state index is 0.187. The van der Waals surface area contributed by atoms with Gasteiger partial charge >= 0.3 is 0 Å². The van der Waals surface area contributed by atoms with Gasteiger partial charge in [0.2, 0.25) is 15.9 Å². The highest BCUT2D eigenvalue weighted by molar-refractivity contribution is 7.88. The maximum absolute atomic E-state index is 12.2. The molecule has 0 aliphatic carbocycles. The zero-order chi connectivity index (χ0) is 17.2. The maximum Gasteiger partial charge on any atom is 0.242 e. The molecule has 124 valence electrons. The molecule has 2 rings (SSSR count). The summed E-state index contributed by atoms with van der Waals surface area (Å²) in [5.41, 5.74) is 0.791. The van der Waals surface area contributed by atoms with Crippen molar-refractivity contribution in [1.29, 1.82) is 0 Å². The lowest BCUT2D eigenvalue weighted by molar-refractivity contribution is -0.118. The molecule has 0 aromatic carbocycles. The minimum atomic E-state index is -3.43. The monoisotopic (exact) mass is 374 g/mol. The quantitative estimate of drug-likeness (QED) is 0.795. The molecule has 0 unspecified atom stereocenters. The minimum Gasteiger partial charge on any atom is -0.303 e. The average molecular weight is 375 g/mol. The molecule has 0 fully saturated rings. The number of hydrogen-bond donors (Lipinski definition) is 0. The Labute approximate surface area is 143 Å². The predicted molar refractivity (Wildman–Crippen MR) is 91.2 cm³/mol. The van der Waals surface area contributed by atoms with Crippen LogP contribution in [-0.4, -0.2) is 55.5 Å². The summed E-state index contributed by atoms with van der Waals surface area (Å²) in [5.74, 6) is -0.402. The fourth-order valence-corrected chi connectivity index (χ4v) is 3.29. The molecule has 0 spiro atoms. The summed E-state index contributed by atoms with van der Waals surface area (Å²) >= 11 is 7.35. The summed E-state index contributed by atoms with van der Waals surface area (Å²) in [4.78, 5) is 21.8. The van der Waals surface area contributed by atoms with Crippen molar-refractivity contribution in [3.63, 3.8) is 0 Å². The molecule has 0 aliphatic heterocycles. The average Bonchev–Trinajstić information content (AvgIpc) is 2.88. The number of hydrogen-bond acceptors (Lipinski definition) is 6. The molecule has 0 saturated heterocycles. The molecule has 0 bridgehead atoms. The fraction of sp³-hybridized carbons (Fsp3) is 0.308. The lowest BCUT2D eigenvalue weighted by Gasteiger charge is -2.19. The van der Waals surface area contributed by atoms with Crippen molar-refractivity contribution >= 4 is 43.9 Å². The number of pyridine rings is 1. The molecular weight excluding hydrogens is 360 g/mol. The highest BCUT2D eigenvalue weighted by Gasteiger charge is 2.23. The van der Waals surface area contributed by atoms with E-state index >= 15 is 0 Å². The van der Waals surface area contributed by atoms with Crippen LogP contribution in [0.2, 0.25) is 5.15 Å². The van der Waals surface area contributed by atoms with Gasteiger partial charge in [-0.15, -0.1) is 0 Å². The zero-order valence-corrected chi connectivity index (χ0v) is 15.1. The third-order valence-electron chi connectivity index (χ3n) is 3.08. The van der Waals surface area contributed by atoms with Crippen molar-refractivity contribution in [3.05, 3.63) is 29.7 Å². The Kier molecular flexibility index (Phi) is 5.35. The van der Waals surface area contributed by atoms with Crippen molar-refractivity contribution in [3.8, 4) is 10.6 Å². The van der Waals surface area contributed by atoms with E-state index in [1.54, 1.807) is 18.5 Å². The van der Waals surface area contributed by atoms with Gasteiger partial charge < -0.3 is 4.90 Å². The number of likely N-dealkylation sites (N-methyl/N-ethyl adjacent to an activating group) is 2. The third kappa shape index (κ3) is 4.25. The van der Waals surface area contributed by atoms with Gasteiger partial charge in [0, 0.05) is 32.1 Å². The number of amides is 1. The first-order valence-corrected chi connectivity index (χ1v) is 9.49. The van der Waals surface area contributed by atoms with Crippen molar-refractivity contribution < 1.29 is 13.2 Å². The van der Waals surface area contributed by atoms with Gasteiger partial charge in [0.05, 0.1) is 12.8 Å².